The lowest BCUT2D eigenvalue weighted by molar-refractivity contribution is 0.0785. The van der Waals surface area contributed by atoms with E-state index in [4.69, 9.17) is 0 Å². The summed E-state index contributed by atoms with van der Waals surface area (Å²) >= 11 is 0. The van der Waals surface area contributed by atoms with Crippen molar-refractivity contribution in [2.24, 2.45) is 0 Å². The van der Waals surface area contributed by atoms with Crippen molar-refractivity contribution in [3.05, 3.63) is 64.7 Å². The van der Waals surface area contributed by atoms with E-state index in [2.05, 4.69) is 31.2 Å². The van der Waals surface area contributed by atoms with Gasteiger partial charge in [0.05, 0.1) is 11.9 Å². The summed E-state index contributed by atoms with van der Waals surface area (Å²) in [5.74, 6) is -0.0647. The molecule has 0 fully saturated rings. The molecule has 2 aromatic rings. The van der Waals surface area contributed by atoms with Crippen molar-refractivity contribution in [2.45, 2.75) is 26.3 Å². The lowest BCUT2D eigenvalue weighted by Crippen LogP contribution is -2.28. The van der Waals surface area contributed by atoms with Crippen LogP contribution in [-0.2, 0) is 29.4 Å². The van der Waals surface area contributed by atoms with E-state index < -0.39 is 10.0 Å². The van der Waals surface area contributed by atoms with Gasteiger partial charge in [-0.3, -0.25) is 9.10 Å². The van der Waals surface area contributed by atoms with Gasteiger partial charge in [0.25, 0.3) is 5.91 Å². The summed E-state index contributed by atoms with van der Waals surface area (Å²) in [6, 6.07) is 13.5. The molecular formula is C20H24N2O3S. The van der Waals surface area contributed by atoms with Crippen molar-refractivity contribution in [3.8, 4) is 0 Å². The average Bonchev–Trinajstić information content (AvgIpc) is 3.05. The smallest absolute Gasteiger partial charge is 0.253 e. The monoisotopic (exact) mass is 372 g/mol. The molecule has 5 nitrogen and oxygen atoms in total. The number of carbonyl (C=O) groups excluding carboxylic acids is 1. The maximum Gasteiger partial charge on any atom is 0.253 e. The van der Waals surface area contributed by atoms with Crippen LogP contribution >= 0.6 is 0 Å². The molecule has 0 bridgehead atoms. The molecule has 1 heterocycles. The van der Waals surface area contributed by atoms with Crippen LogP contribution < -0.4 is 4.31 Å². The van der Waals surface area contributed by atoms with E-state index in [0.29, 0.717) is 30.8 Å². The van der Waals surface area contributed by atoms with Gasteiger partial charge in [-0.05, 0) is 47.7 Å². The van der Waals surface area contributed by atoms with Crippen molar-refractivity contribution in [3.63, 3.8) is 0 Å². The maximum atomic E-state index is 12.7. The van der Waals surface area contributed by atoms with Crippen LogP contribution in [0.2, 0.25) is 0 Å². The summed E-state index contributed by atoms with van der Waals surface area (Å²) in [4.78, 5) is 14.4. The van der Waals surface area contributed by atoms with Gasteiger partial charge in [0, 0.05) is 25.7 Å². The normalized spacial score (nSPS) is 13.6. The van der Waals surface area contributed by atoms with E-state index in [1.807, 2.05) is 6.07 Å². The molecule has 0 saturated carbocycles. The summed E-state index contributed by atoms with van der Waals surface area (Å²) in [5.41, 5.74) is 4.54. The first-order chi connectivity index (χ1) is 12.3. The average molecular weight is 372 g/mol. The molecule has 0 aromatic heterocycles. The first-order valence-corrected chi connectivity index (χ1v) is 10.6. The minimum atomic E-state index is -3.27. The fraction of sp³-hybridized carbons (Fsp3) is 0.350. The third kappa shape index (κ3) is 3.75. The highest BCUT2D eigenvalue weighted by atomic mass is 32.2. The van der Waals surface area contributed by atoms with Crippen LogP contribution in [0.5, 0.6) is 0 Å². The lowest BCUT2D eigenvalue weighted by Gasteiger charge is -2.19. The number of benzene rings is 2. The number of hydrogen-bond donors (Lipinski definition) is 0. The molecule has 0 unspecified atom stereocenters. The number of hydrogen-bond acceptors (Lipinski definition) is 3. The third-order valence-corrected chi connectivity index (χ3v) is 5.96. The van der Waals surface area contributed by atoms with Crippen LogP contribution in [0.25, 0.3) is 0 Å². The van der Waals surface area contributed by atoms with E-state index in [-0.39, 0.29) is 5.91 Å². The van der Waals surface area contributed by atoms with Gasteiger partial charge in [-0.15, -0.1) is 0 Å². The fourth-order valence-electron chi connectivity index (χ4n) is 3.30. The number of carbonyl (C=O) groups is 1. The SMILES string of the molecule is CCc1ccc(CN(C)C(=O)c2ccc3c(c2)CCN3S(C)(=O)=O)cc1. The summed E-state index contributed by atoms with van der Waals surface area (Å²) in [5, 5.41) is 0. The zero-order valence-electron chi connectivity index (χ0n) is 15.4. The van der Waals surface area contributed by atoms with Gasteiger partial charge in [-0.1, -0.05) is 31.2 Å². The van der Waals surface area contributed by atoms with E-state index >= 15 is 0 Å². The minimum absolute atomic E-state index is 0.0647. The number of amides is 1. The standard InChI is InChI=1S/C20H24N2O3S/c1-4-15-5-7-16(8-6-15)14-21(2)20(23)18-9-10-19-17(13-18)11-12-22(19)26(3,24)25/h5-10,13H,4,11-12,14H2,1-3H3. The molecule has 0 atom stereocenters. The van der Waals surface area contributed by atoms with Crippen LogP contribution in [0.4, 0.5) is 5.69 Å². The van der Waals surface area contributed by atoms with Crippen molar-refractivity contribution in [1.82, 2.24) is 4.90 Å². The largest absolute Gasteiger partial charge is 0.337 e. The summed E-state index contributed by atoms with van der Waals surface area (Å²) < 4.78 is 25.0. The number of rotatable bonds is 5. The Labute approximate surface area is 155 Å². The molecule has 0 saturated heterocycles. The highest BCUT2D eigenvalue weighted by Gasteiger charge is 2.27. The predicted molar refractivity (Wildman–Crippen MR) is 104 cm³/mol. The van der Waals surface area contributed by atoms with Crippen molar-refractivity contribution >= 4 is 21.6 Å². The molecule has 1 aliphatic rings. The zero-order valence-corrected chi connectivity index (χ0v) is 16.2. The Kier molecular flexibility index (Phi) is 5.05. The van der Waals surface area contributed by atoms with Gasteiger partial charge >= 0.3 is 0 Å². The van der Waals surface area contributed by atoms with Crippen LogP contribution in [0, 0.1) is 0 Å². The van der Waals surface area contributed by atoms with E-state index in [1.54, 1.807) is 24.1 Å². The molecule has 0 spiro atoms. The van der Waals surface area contributed by atoms with Crippen molar-refractivity contribution in [2.75, 3.05) is 24.2 Å². The van der Waals surface area contributed by atoms with E-state index in [1.165, 1.54) is 16.1 Å². The molecular weight excluding hydrogens is 348 g/mol. The van der Waals surface area contributed by atoms with Crippen LogP contribution in [-0.4, -0.2) is 39.1 Å². The molecule has 3 rings (SSSR count). The molecule has 1 amide bonds. The Morgan fingerprint density at radius 3 is 2.38 bits per heavy atom. The Morgan fingerprint density at radius 1 is 1.12 bits per heavy atom. The lowest BCUT2D eigenvalue weighted by atomic mass is 10.1. The van der Waals surface area contributed by atoms with Gasteiger partial charge < -0.3 is 4.90 Å². The minimum Gasteiger partial charge on any atom is -0.337 e. The second kappa shape index (κ2) is 7.11. The number of nitrogens with zero attached hydrogens (tertiary/aromatic N) is 2. The quantitative estimate of drug-likeness (QED) is 0.811. The summed E-state index contributed by atoms with van der Waals surface area (Å²) in [6.45, 7) is 3.09. The van der Waals surface area contributed by atoms with Crippen LogP contribution in [0.3, 0.4) is 0 Å². The van der Waals surface area contributed by atoms with Crippen LogP contribution in [0.15, 0.2) is 42.5 Å². The predicted octanol–water partition coefficient (Wildman–Crippen LogP) is 2.84. The van der Waals surface area contributed by atoms with E-state index in [0.717, 1.165) is 17.5 Å². The van der Waals surface area contributed by atoms with Gasteiger partial charge in [0.1, 0.15) is 0 Å². The molecule has 0 radical (unpaired) electrons. The van der Waals surface area contributed by atoms with Gasteiger partial charge in [-0.2, -0.15) is 0 Å². The third-order valence-electron chi connectivity index (χ3n) is 4.78. The maximum absolute atomic E-state index is 12.7. The molecule has 6 heteroatoms. The Balaban J connectivity index is 1.75. The van der Waals surface area contributed by atoms with Crippen molar-refractivity contribution in [1.29, 1.82) is 0 Å². The Bertz CT molecular complexity index is 921. The summed E-state index contributed by atoms with van der Waals surface area (Å²) in [7, 11) is -1.49. The molecule has 2 aromatic carbocycles. The first-order valence-electron chi connectivity index (χ1n) is 8.73. The van der Waals surface area contributed by atoms with Gasteiger partial charge in [0.15, 0.2) is 0 Å². The van der Waals surface area contributed by atoms with Gasteiger partial charge in [0.2, 0.25) is 10.0 Å². The van der Waals surface area contributed by atoms with Crippen molar-refractivity contribution < 1.29 is 13.2 Å². The Hall–Kier alpha value is -2.34. The number of fused-ring (bicyclic) bond motifs is 1. The second-order valence-electron chi connectivity index (χ2n) is 6.76. The summed E-state index contributed by atoms with van der Waals surface area (Å²) in [6.07, 6.45) is 2.83. The Morgan fingerprint density at radius 2 is 1.77 bits per heavy atom. The first kappa shape index (κ1) is 18.5. The number of sulfonamides is 1. The van der Waals surface area contributed by atoms with Gasteiger partial charge in [-0.25, -0.2) is 8.42 Å². The highest BCUT2D eigenvalue weighted by molar-refractivity contribution is 7.92. The highest BCUT2D eigenvalue weighted by Crippen LogP contribution is 2.31. The van der Waals surface area contributed by atoms with Crippen LogP contribution in [0.1, 0.15) is 34.0 Å². The molecule has 0 N–H and O–H groups in total. The number of aryl methyl sites for hydroxylation is 1. The number of anilines is 1. The van der Waals surface area contributed by atoms with E-state index in [9.17, 15) is 13.2 Å². The second-order valence-corrected chi connectivity index (χ2v) is 8.67. The zero-order chi connectivity index (χ0) is 18.9. The molecule has 138 valence electrons. The fourth-order valence-corrected chi connectivity index (χ4v) is 4.25. The molecule has 26 heavy (non-hydrogen) atoms. The topological polar surface area (TPSA) is 57.7 Å². The molecule has 1 aliphatic heterocycles. The molecule has 0 aliphatic carbocycles.